The summed E-state index contributed by atoms with van der Waals surface area (Å²) in [5.74, 6) is 0.763. The van der Waals surface area contributed by atoms with Crippen molar-refractivity contribution in [1.82, 2.24) is 25.7 Å². The largest absolute Gasteiger partial charge is 0.356 e. The van der Waals surface area contributed by atoms with Gasteiger partial charge < -0.3 is 16.0 Å². The zero-order chi connectivity index (χ0) is 15.5. The maximum Gasteiger partial charge on any atom is 0.221 e. The zero-order valence-corrected chi connectivity index (χ0v) is 13.1. The third kappa shape index (κ3) is 7.96. The fraction of sp³-hybridized carbons (Fsp3) is 0.643. The van der Waals surface area contributed by atoms with Crippen LogP contribution in [0.15, 0.2) is 23.5 Å². The van der Waals surface area contributed by atoms with E-state index in [-0.39, 0.29) is 11.9 Å². The molecule has 3 N–H and O–H groups in total. The number of nitrogens with one attached hydrogen (secondary N) is 3. The lowest BCUT2D eigenvalue weighted by atomic mass is 10.3. The summed E-state index contributed by atoms with van der Waals surface area (Å²) in [6, 6.07) is 2.09. The first-order chi connectivity index (χ1) is 10.1. The molecule has 1 heterocycles. The Hall–Kier alpha value is -2.05. The second kappa shape index (κ2) is 9.79. The van der Waals surface area contributed by atoms with Crippen LogP contribution in [-0.4, -0.2) is 47.8 Å². The highest BCUT2D eigenvalue weighted by Gasteiger charge is 2.03. The number of hydrogen-bond acceptors (Lipinski definition) is 3. The molecule has 0 fully saturated rings. The molecule has 0 spiro atoms. The van der Waals surface area contributed by atoms with Gasteiger partial charge in [0.2, 0.25) is 5.91 Å². The molecule has 1 aromatic heterocycles. The molecule has 0 aliphatic rings. The van der Waals surface area contributed by atoms with Crippen LogP contribution >= 0.6 is 0 Å². The molecule has 0 atom stereocenters. The molecule has 7 heteroatoms. The summed E-state index contributed by atoms with van der Waals surface area (Å²) < 4.78 is 1.90. The number of aromatic nitrogens is 2. The summed E-state index contributed by atoms with van der Waals surface area (Å²) in [4.78, 5) is 15.6. The van der Waals surface area contributed by atoms with Crippen LogP contribution in [0.25, 0.3) is 0 Å². The van der Waals surface area contributed by atoms with Gasteiger partial charge in [0.25, 0.3) is 0 Å². The summed E-state index contributed by atoms with van der Waals surface area (Å²) >= 11 is 0. The molecule has 1 aromatic rings. The van der Waals surface area contributed by atoms with E-state index in [1.807, 2.05) is 30.8 Å². The Morgan fingerprint density at radius 1 is 1.33 bits per heavy atom. The zero-order valence-electron chi connectivity index (χ0n) is 13.1. The van der Waals surface area contributed by atoms with Crippen molar-refractivity contribution in [3.05, 3.63) is 18.5 Å². The number of carbonyl (C=O) groups excluding carboxylic acids is 1. The molecular weight excluding hydrogens is 268 g/mol. The van der Waals surface area contributed by atoms with Crippen molar-refractivity contribution in [2.24, 2.45) is 4.99 Å². The molecule has 0 aromatic carbocycles. The number of aryl methyl sites for hydroxylation is 1. The molecule has 0 saturated carbocycles. The average Bonchev–Trinajstić information content (AvgIpc) is 2.93. The van der Waals surface area contributed by atoms with Crippen LogP contribution in [0.1, 0.15) is 26.7 Å². The van der Waals surface area contributed by atoms with Crippen LogP contribution in [-0.2, 0) is 11.3 Å². The Labute approximate surface area is 126 Å². The molecule has 21 heavy (non-hydrogen) atoms. The van der Waals surface area contributed by atoms with Gasteiger partial charge in [0.05, 0.1) is 0 Å². The third-order valence-electron chi connectivity index (χ3n) is 2.73. The lowest BCUT2D eigenvalue weighted by molar-refractivity contribution is -0.121. The van der Waals surface area contributed by atoms with Gasteiger partial charge in [-0.25, -0.2) is 0 Å². The highest BCUT2D eigenvalue weighted by molar-refractivity contribution is 5.81. The number of nitrogens with zero attached hydrogens (tertiary/aromatic N) is 3. The van der Waals surface area contributed by atoms with Crippen molar-refractivity contribution in [2.45, 2.75) is 39.3 Å². The molecule has 1 rings (SSSR count). The lowest BCUT2D eigenvalue weighted by Crippen LogP contribution is -2.40. The van der Waals surface area contributed by atoms with Gasteiger partial charge >= 0.3 is 0 Å². The van der Waals surface area contributed by atoms with E-state index >= 15 is 0 Å². The van der Waals surface area contributed by atoms with Crippen LogP contribution in [0, 0.1) is 0 Å². The summed E-state index contributed by atoms with van der Waals surface area (Å²) in [6.45, 7) is 6.14. The van der Waals surface area contributed by atoms with Gasteiger partial charge in [0.15, 0.2) is 5.96 Å². The Morgan fingerprint density at radius 2 is 2.10 bits per heavy atom. The van der Waals surface area contributed by atoms with Crippen LogP contribution in [0.5, 0.6) is 0 Å². The molecule has 0 radical (unpaired) electrons. The number of rotatable bonds is 8. The first-order valence-electron chi connectivity index (χ1n) is 7.33. The molecule has 0 bridgehead atoms. The highest BCUT2D eigenvalue weighted by Crippen LogP contribution is 1.88. The SMILES string of the molecule is CN=C(NCCCn1cccn1)NCCC(=O)NC(C)C. The van der Waals surface area contributed by atoms with Gasteiger partial charge in [-0.2, -0.15) is 5.10 Å². The number of carbonyl (C=O) groups is 1. The quantitative estimate of drug-likeness (QED) is 0.367. The van der Waals surface area contributed by atoms with E-state index in [2.05, 4.69) is 26.0 Å². The summed E-state index contributed by atoms with van der Waals surface area (Å²) in [6.07, 6.45) is 5.11. The second-order valence-electron chi connectivity index (χ2n) is 5.02. The van der Waals surface area contributed by atoms with Crippen LogP contribution in [0.2, 0.25) is 0 Å². The van der Waals surface area contributed by atoms with E-state index in [1.165, 1.54) is 0 Å². The van der Waals surface area contributed by atoms with E-state index in [4.69, 9.17) is 0 Å². The molecule has 118 valence electrons. The van der Waals surface area contributed by atoms with E-state index in [0.29, 0.717) is 18.9 Å². The Kier molecular flexibility index (Phi) is 7.93. The summed E-state index contributed by atoms with van der Waals surface area (Å²) in [5, 5.41) is 13.3. The van der Waals surface area contributed by atoms with Gasteiger partial charge in [-0.05, 0) is 26.3 Å². The fourth-order valence-electron chi connectivity index (χ4n) is 1.79. The van der Waals surface area contributed by atoms with Crippen molar-refractivity contribution in [3.63, 3.8) is 0 Å². The van der Waals surface area contributed by atoms with Crippen molar-refractivity contribution < 1.29 is 4.79 Å². The average molecular weight is 294 g/mol. The number of aliphatic imine (C=N–C) groups is 1. The van der Waals surface area contributed by atoms with Crippen LogP contribution < -0.4 is 16.0 Å². The third-order valence-corrected chi connectivity index (χ3v) is 2.73. The maximum atomic E-state index is 11.5. The number of amides is 1. The second-order valence-corrected chi connectivity index (χ2v) is 5.02. The predicted octanol–water partition coefficient (Wildman–Crippen LogP) is 0.353. The van der Waals surface area contributed by atoms with Crippen molar-refractivity contribution in [3.8, 4) is 0 Å². The Balaban J connectivity index is 2.10. The van der Waals surface area contributed by atoms with E-state index in [0.717, 1.165) is 19.5 Å². The molecule has 7 nitrogen and oxygen atoms in total. The Morgan fingerprint density at radius 3 is 2.71 bits per heavy atom. The molecule has 0 aliphatic carbocycles. The maximum absolute atomic E-state index is 11.5. The molecule has 0 aliphatic heterocycles. The van der Waals surface area contributed by atoms with E-state index < -0.39 is 0 Å². The monoisotopic (exact) mass is 294 g/mol. The van der Waals surface area contributed by atoms with Crippen LogP contribution in [0.3, 0.4) is 0 Å². The van der Waals surface area contributed by atoms with Crippen molar-refractivity contribution >= 4 is 11.9 Å². The smallest absolute Gasteiger partial charge is 0.221 e. The first-order valence-corrected chi connectivity index (χ1v) is 7.33. The number of hydrogen-bond donors (Lipinski definition) is 3. The van der Waals surface area contributed by atoms with Crippen molar-refractivity contribution in [1.29, 1.82) is 0 Å². The van der Waals surface area contributed by atoms with Gasteiger partial charge in [0.1, 0.15) is 0 Å². The van der Waals surface area contributed by atoms with Gasteiger partial charge in [-0.1, -0.05) is 0 Å². The normalized spacial score (nSPS) is 11.5. The molecule has 0 unspecified atom stereocenters. The summed E-state index contributed by atoms with van der Waals surface area (Å²) in [5.41, 5.74) is 0. The van der Waals surface area contributed by atoms with Gasteiger partial charge in [-0.3, -0.25) is 14.5 Å². The fourth-order valence-corrected chi connectivity index (χ4v) is 1.79. The Bertz CT molecular complexity index is 427. The van der Waals surface area contributed by atoms with Crippen molar-refractivity contribution in [2.75, 3.05) is 20.1 Å². The minimum absolute atomic E-state index is 0.0478. The van der Waals surface area contributed by atoms with Gasteiger partial charge in [-0.15, -0.1) is 0 Å². The molecule has 0 saturated heterocycles. The first kappa shape index (κ1) is 17.0. The molecule has 1 amide bonds. The minimum Gasteiger partial charge on any atom is -0.356 e. The van der Waals surface area contributed by atoms with Crippen LogP contribution in [0.4, 0.5) is 0 Å². The highest BCUT2D eigenvalue weighted by atomic mass is 16.1. The van der Waals surface area contributed by atoms with Gasteiger partial charge in [0, 0.05) is 51.5 Å². The standard InChI is InChI=1S/C14H26N6O/c1-12(2)19-13(21)6-9-17-14(15-3)16-7-4-10-20-11-5-8-18-20/h5,8,11-12H,4,6-7,9-10H2,1-3H3,(H,19,21)(H2,15,16,17). The predicted molar refractivity (Wildman–Crippen MR) is 84.1 cm³/mol. The molecular formula is C14H26N6O. The topological polar surface area (TPSA) is 83.3 Å². The van der Waals surface area contributed by atoms with E-state index in [9.17, 15) is 4.79 Å². The number of guanidine groups is 1. The lowest BCUT2D eigenvalue weighted by Gasteiger charge is -2.12. The van der Waals surface area contributed by atoms with E-state index in [1.54, 1.807) is 13.2 Å². The summed E-state index contributed by atoms with van der Waals surface area (Å²) in [7, 11) is 1.72. The minimum atomic E-state index is 0.0478.